The zero-order valence-electron chi connectivity index (χ0n) is 15.8. The van der Waals surface area contributed by atoms with Crippen LogP contribution < -0.4 is 16.8 Å². The maximum Gasteiger partial charge on any atom is 0.274 e. The number of nitrogens with two attached hydrogens (primary N) is 2. The van der Waals surface area contributed by atoms with E-state index in [1.54, 1.807) is 4.90 Å². The van der Waals surface area contributed by atoms with Gasteiger partial charge >= 0.3 is 0 Å². The summed E-state index contributed by atoms with van der Waals surface area (Å²) >= 11 is 0. The summed E-state index contributed by atoms with van der Waals surface area (Å²) in [4.78, 5) is 32.4. The lowest BCUT2D eigenvalue weighted by atomic mass is 9.72. The monoisotopic (exact) mass is 397 g/mol. The van der Waals surface area contributed by atoms with Crippen LogP contribution in [0.25, 0.3) is 0 Å². The van der Waals surface area contributed by atoms with Crippen LogP contribution in [0.4, 0.5) is 5.82 Å². The van der Waals surface area contributed by atoms with Crippen molar-refractivity contribution < 1.29 is 9.72 Å². The predicted molar refractivity (Wildman–Crippen MR) is 107 cm³/mol. The predicted octanol–water partition coefficient (Wildman–Crippen LogP) is 0.857. The molecule has 1 aromatic heterocycles. The van der Waals surface area contributed by atoms with Crippen molar-refractivity contribution in [3.05, 3.63) is 76.1 Å². The van der Waals surface area contributed by atoms with Gasteiger partial charge in [0.1, 0.15) is 0 Å². The van der Waals surface area contributed by atoms with Crippen LogP contribution in [-0.2, 0) is 5.41 Å². The number of nitrogens with zero attached hydrogens (tertiary/aromatic N) is 4. The average Bonchev–Trinajstić information content (AvgIpc) is 2.73. The van der Waals surface area contributed by atoms with E-state index in [9.17, 15) is 14.9 Å². The van der Waals surface area contributed by atoms with E-state index in [0.29, 0.717) is 32.5 Å². The minimum Gasteiger partial charge on any atom is -0.382 e. The zero-order valence-corrected chi connectivity index (χ0v) is 15.8. The first-order valence-electron chi connectivity index (χ1n) is 9.17. The molecule has 10 heteroatoms. The highest BCUT2D eigenvalue weighted by atomic mass is 16.6. The van der Waals surface area contributed by atoms with Gasteiger partial charge in [0.25, 0.3) is 12.1 Å². The largest absolute Gasteiger partial charge is 0.382 e. The van der Waals surface area contributed by atoms with Crippen LogP contribution >= 0.6 is 0 Å². The fourth-order valence-corrected chi connectivity index (χ4v) is 3.60. The summed E-state index contributed by atoms with van der Waals surface area (Å²) < 4.78 is 0. The lowest BCUT2D eigenvalue weighted by molar-refractivity contribution is -0.404. The molecule has 29 heavy (non-hydrogen) atoms. The molecule has 0 unspecified atom stereocenters. The number of anilines is 1. The topological polar surface area (TPSA) is 153 Å². The third kappa shape index (κ3) is 4.60. The quantitative estimate of drug-likeness (QED) is 0.479. The Hall–Kier alpha value is -3.69. The first kappa shape index (κ1) is 20.1. The molecule has 0 radical (unpaired) electrons. The SMILES string of the molecule is NC(=C[N+](=O)[O-])N1CCC(CNC(=O)c2nccnc2N)(c2ccccc2)CC1. The molecule has 1 aromatic carbocycles. The average molecular weight is 397 g/mol. The van der Waals surface area contributed by atoms with Gasteiger partial charge in [0.15, 0.2) is 17.3 Å². The number of benzene rings is 1. The van der Waals surface area contributed by atoms with Crippen LogP contribution in [0.1, 0.15) is 28.9 Å². The molecule has 3 rings (SSSR count). The molecule has 2 heterocycles. The second-order valence-electron chi connectivity index (χ2n) is 6.95. The Labute approximate surface area is 167 Å². The molecule has 2 aromatic rings. The van der Waals surface area contributed by atoms with Crippen LogP contribution in [0.3, 0.4) is 0 Å². The lowest BCUT2D eigenvalue weighted by Crippen LogP contribution is -2.49. The van der Waals surface area contributed by atoms with Gasteiger partial charge in [0.05, 0.1) is 4.92 Å². The Morgan fingerprint density at radius 1 is 1.24 bits per heavy atom. The number of carbonyl (C=O) groups is 1. The van der Waals surface area contributed by atoms with Gasteiger partial charge in [-0.15, -0.1) is 0 Å². The van der Waals surface area contributed by atoms with E-state index in [0.717, 1.165) is 11.8 Å². The number of aromatic nitrogens is 2. The van der Waals surface area contributed by atoms with E-state index in [1.165, 1.54) is 12.4 Å². The van der Waals surface area contributed by atoms with Crippen molar-refractivity contribution >= 4 is 11.7 Å². The number of piperidine rings is 1. The Morgan fingerprint density at radius 2 is 1.90 bits per heavy atom. The maximum atomic E-state index is 12.6. The molecule has 0 saturated carbocycles. The van der Waals surface area contributed by atoms with Gasteiger partial charge < -0.3 is 21.7 Å². The molecule has 152 valence electrons. The number of carbonyl (C=O) groups excluding carboxylic acids is 1. The van der Waals surface area contributed by atoms with Gasteiger partial charge in [-0.3, -0.25) is 14.9 Å². The minimum absolute atomic E-state index is 0.0753. The third-order valence-corrected chi connectivity index (χ3v) is 5.24. The molecular formula is C19H23N7O3. The summed E-state index contributed by atoms with van der Waals surface area (Å²) in [5.41, 5.74) is 12.4. The fourth-order valence-electron chi connectivity index (χ4n) is 3.60. The van der Waals surface area contributed by atoms with Crippen molar-refractivity contribution in [1.82, 2.24) is 20.2 Å². The van der Waals surface area contributed by atoms with Crippen molar-refractivity contribution in [2.24, 2.45) is 5.73 Å². The molecule has 0 atom stereocenters. The molecule has 0 spiro atoms. The molecule has 5 N–H and O–H groups in total. The lowest BCUT2D eigenvalue weighted by Gasteiger charge is -2.42. The van der Waals surface area contributed by atoms with Crippen LogP contribution in [0.5, 0.6) is 0 Å². The first-order valence-corrected chi connectivity index (χ1v) is 9.17. The molecular weight excluding hydrogens is 374 g/mol. The summed E-state index contributed by atoms with van der Waals surface area (Å²) in [5.74, 6) is -0.180. The van der Waals surface area contributed by atoms with Crippen molar-refractivity contribution in [3.8, 4) is 0 Å². The van der Waals surface area contributed by atoms with Crippen LogP contribution in [0.15, 0.2) is 54.7 Å². The number of nitrogens with one attached hydrogen (secondary N) is 1. The summed E-state index contributed by atoms with van der Waals surface area (Å²) in [6.07, 6.45) is 4.99. The highest BCUT2D eigenvalue weighted by molar-refractivity contribution is 5.96. The number of hydrogen-bond acceptors (Lipinski definition) is 8. The number of nitro groups is 1. The normalized spacial score (nSPS) is 16.3. The van der Waals surface area contributed by atoms with E-state index < -0.39 is 4.92 Å². The number of amides is 1. The summed E-state index contributed by atoms with van der Waals surface area (Å²) in [5, 5.41) is 13.6. The van der Waals surface area contributed by atoms with Crippen molar-refractivity contribution in [1.29, 1.82) is 0 Å². The Kier molecular flexibility index (Phi) is 5.91. The number of hydrogen-bond donors (Lipinski definition) is 3. The van der Waals surface area contributed by atoms with Gasteiger partial charge in [-0.05, 0) is 18.4 Å². The fraction of sp³-hybridized carbons (Fsp3) is 0.316. The highest BCUT2D eigenvalue weighted by Gasteiger charge is 2.37. The minimum atomic E-state index is -0.556. The van der Waals surface area contributed by atoms with E-state index in [-0.39, 0.29) is 28.7 Å². The van der Waals surface area contributed by atoms with Gasteiger partial charge in [-0.1, -0.05) is 30.3 Å². The van der Waals surface area contributed by atoms with Crippen molar-refractivity contribution in [2.45, 2.75) is 18.3 Å². The molecule has 1 fully saturated rings. The summed E-state index contributed by atoms with van der Waals surface area (Å²) in [6.45, 7) is 1.45. The molecule has 0 bridgehead atoms. The van der Waals surface area contributed by atoms with Crippen LogP contribution in [-0.4, -0.2) is 45.3 Å². The second-order valence-corrected chi connectivity index (χ2v) is 6.95. The second kappa shape index (κ2) is 8.55. The van der Waals surface area contributed by atoms with Gasteiger partial charge in [0.2, 0.25) is 0 Å². The van der Waals surface area contributed by atoms with E-state index in [2.05, 4.69) is 15.3 Å². The summed E-state index contributed by atoms with van der Waals surface area (Å²) in [6, 6.07) is 9.88. The molecule has 10 nitrogen and oxygen atoms in total. The number of rotatable bonds is 6. The first-order chi connectivity index (χ1) is 13.9. The van der Waals surface area contributed by atoms with E-state index in [1.807, 2.05) is 30.3 Å². The van der Waals surface area contributed by atoms with Gasteiger partial charge in [0, 0.05) is 37.4 Å². The highest BCUT2D eigenvalue weighted by Crippen LogP contribution is 2.35. The molecule has 1 amide bonds. The summed E-state index contributed by atoms with van der Waals surface area (Å²) in [7, 11) is 0. The molecule has 1 aliphatic heterocycles. The van der Waals surface area contributed by atoms with Crippen molar-refractivity contribution in [3.63, 3.8) is 0 Å². The van der Waals surface area contributed by atoms with Gasteiger partial charge in [-0.25, -0.2) is 9.97 Å². The van der Waals surface area contributed by atoms with Crippen LogP contribution in [0.2, 0.25) is 0 Å². The Balaban J connectivity index is 1.77. The van der Waals surface area contributed by atoms with E-state index in [4.69, 9.17) is 11.5 Å². The zero-order chi connectivity index (χ0) is 20.9. The number of likely N-dealkylation sites (tertiary alicyclic amines) is 1. The van der Waals surface area contributed by atoms with Gasteiger partial charge in [-0.2, -0.15) is 0 Å². The Morgan fingerprint density at radius 3 is 2.52 bits per heavy atom. The molecule has 1 aliphatic rings. The number of nitrogen functional groups attached to an aromatic ring is 1. The van der Waals surface area contributed by atoms with Crippen LogP contribution in [0, 0.1) is 10.1 Å². The smallest absolute Gasteiger partial charge is 0.274 e. The Bertz CT molecular complexity index is 909. The maximum absolute atomic E-state index is 12.6. The van der Waals surface area contributed by atoms with Crippen molar-refractivity contribution in [2.75, 3.05) is 25.4 Å². The third-order valence-electron chi connectivity index (χ3n) is 5.24. The standard InChI is InChI=1S/C19H23N7O3/c20-15(12-26(28)29)25-10-6-19(7-11-25,14-4-2-1-3-5-14)13-24-18(27)16-17(21)23-9-8-22-16/h1-5,8-9,12H,6-7,10-11,13,20H2,(H2,21,23)(H,24,27). The van der Waals surface area contributed by atoms with E-state index >= 15 is 0 Å². The molecule has 1 saturated heterocycles. The molecule has 0 aliphatic carbocycles.